The second-order valence-electron chi connectivity index (χ2n) is 6.48. The number of hydrogen-bond acceptors (Lipinski definition) is 7. The number of nitrogens with one attached hydrogen (secondary N) is 1. The minimum absolute atomic E-state index is 0.200. The maximum Gasteiger partial charge on any atom is 0.409 e. The quantitative estimate of drug-likeness (QED) is 0.804. The number of anilines is 1. The fourth-order valence-electron chi connectivity index (χ4n) is 3.20. The van der Waals surface area contributed by atoms with E-state index in [2.05, 4.69) is 10.3 Å². The first kappa shape index (κ1) is 19.1. The molecular weight excluding hydrogens is 380 g/mol. The van der Waals surface area contributed by atoms with Gasteiger partial charge in [-0.25, -0.2) is 22.5 Å². The number of thiazole rings is 1. The average Bonchev–Trinajstić information content (AvgIpc) is 3.01. The van der Waals surface area contributed by atoms with Crippen LogP contribution in [0.25, 0.3) is 0 Å². The van der Waals surface area contributed by atoms with Gasteiger partial charge in [-0.05, 0) is 12.8 Å². The van der Waals surface area contributed by atoms with E-state index in [-0.39, 0.29) is 24.5 Å². The molecule has 1 aromatic heterocycles. The molecule has 0 bridgehead atoms. The number of piperidine rings is 1. The highest BCUT2D eigenvalue weighted by Gasteiger charge is 2.31. The van der Waals surface area contributed by atoms with Crippen LogP contribution in [0.2, 0.25) is 0 Å². The lowest BCUT2D eigenvalue weighted by Crippen LogP contribution is -2.43. The summed E-state index contributed by atoms with van der Waals surface area (Å²) >= 11 is 1.34. The van der Waals surface area contributed by atoms with Gasteiger partial charge in [0.1, 0.15) is 0 Å². The molecule has 1 aromatic rings. The largest absolute Gasteiger partial charge is 0.453 e. The van der Waals surface area contributed by atoms with Gasteiger partial charge in [-0.2, -0.15) is 0 Å². The molecule has 0 radical (unpaired) electrons. The number of sulfonamides is 1. The summed E-state index contributed by atoms with van der Waals surface area (Å²) in [6.45, 7) is 1.60. The summed E-state index contributed by atoms with van der Waals surface area (Å²) in [5.74, 6) is -0.597. The number of carbonyl (C=O) groups is 2. The Balaban J connectivity index is 1.64. The number of aromatic nitrogens is 1. The van der Waals surface area contributed by atoms with Crippen molar-refractivity contribution in [3.63, 3.8) is 0 Å². The number of methoxy groups -OCH3 is 1. The van der Waals surface area contributed by atoms with Crippen molar-refractivity contribution in [2.75, 3.05) is 38.3 Å². The van der Waals surface area contributed by atoms with Crippen LogP contribution < -0.4 is 5.32 Å². The lowest BCUT2D eigenvalue weighted by Gasteiger charge is -2.29. The molecule has 1 fully saturated rings. The van der Waals surface area contributed by atoms with Crippen molar-refractivity contribution < 1.29 is 22.7 Å². The first-order valence-corrected chi connectivity index (χ1v) is 11.0. The summed E-state index contributed by atoms with van der Waals surface area (Å²) in [6.07, 6.45) is 2.71. The molecule has 0 aliphatic carbocycles. The van der Waals surface area contributed by atoms with Gasteiger partial charge in [-0.3, -0.25) is 4.79 Å². The molecule has 0 spiro atoms. The molecule has 26 heavy (non-hydrogen) atoms. The highest BCUT2D eigenvalue weighted by Crippen LogP contribution is 2.29. The fraction of sp³-hybridized carbons (Fsp3) is 0.667. The molecular formula is C15H22N4O5S2. The Morgan fingerprint density at radius 3 is 2.81 bits per heavy atom. The molecule has 2 aliphatic heterocycles. The van der Waals surface area contributed by atoms with Gasteiger partial charge in [0.25, 0.3) is 0 Å². The average molecular weight is 402 g/mol. The Morgan fingerprint density at radius 2 is 2.12 bits per heavy atom. The molecule has 2 aliphatic rings. The van der Waals surface area contributed by atoms with Crippen molar-refractivity contribution >= 4 is 38.5 Å². The smallest absolute Gasteiger partial charge is 0.409 e. The Kier molecular flexibility index (Phi) is 5.49. The van der Waals surface area contributed by atoms with Crippen molar-refractivity contribution in [1.82, 2.24) is 14.2 Å². The third kappa shape index (κ3) is 4.15. The van der Waals surface area contributed by atoms with Crippen LogP contribution in [-0.4, -0.2) is 67.6 Å². The molecule has 1 saturated heterocycles. The van der Waals surface area contributed by atoms with E-state index in [4.69, 9.17) is 4.74 Å². The highest BCUT2D eigenvalue weighted by atomic mass is 32.2. The van der Waals surface area contributed by atoms with E-state index in [0.717, 1.165) is 16.8 Å². The number of ether oxygens (including phenoxy) is 1. The normalized spacial score (nSPS) is 21.2. The minimum Gasteiger partial charge on any atom is -0.453 e. The van der Waals surface area contributed by atoms with E-state index in [9.17, 15) is 18.0 Å². The third-order valence-electron chi connectivity index (χ3n) is 4.62. The van der Waals surface area contributed by atoms with Crippen LogP contribution in [0.5, 0.6) is 0 Å². The predicted octanol–water partition coefficient (Wildman–Crippen LogP) is 0.878. The molecule has 0 saturated carbocycles. The molecule has 2 amide bonds. The number of rotatable bonds is 3. The van der Waals surface area contributed by atoms with E-state index >= 15 is 0 Å². The molecule has 3 rings (SSSR count). The summed E-state index contributed by atoms with van der Waals surface area (Å²) in [4.78, 5) is 31.1. The summed E-state index contributed by atoms with van der Waals surface area (Å²) in [5.41, 5.74) is 0.881. The molecule has 1 unspecified atom stereocenters. The zero-order chi connectivity index (χ0) is 18.9. The van der Waals surface area contributed by atoms with Crippen LogP contribution in [0.15, 0.2) is 0 Å². The molecule has 144 valence electrons. The lowest BCUT2D eigenvalue weighted by molar-refractivity contribution is -0.120. The summed E-state index contributed by atoms with van der Waals surface area (Å²) in [6, 6.07) is 0. The second-order valence-corrected chi connectivity index (χ2v) is 9.55. The third-order valence-corrected chi connectivity index (χ3v) is 6.89. The molecule has 3 heterocycles. The minimum atomic E-state index is -3.29. The Hall–Kier alpha value is -1.72. The van der Waals surface area contributed by atoms with Gasteiger partial charge >= 0.3 is 6.09 Å². The van der Waals surface area contributed by atoms with Crippen LogP contribution in [-0.2, 0) is 32.5 Å². The van der Waals surface area contributed by atoms with E-state index in [1.807, 2.05) is 0 Å². The van der Waals surface area contributed by atoms with Crippen molar-refractivity contribution in [2.24, 2.45) is 5.92 Å². The van der Waals surface area contributed by atoms with Gasteiger partial charge in [-0.1, -0.05) is 11.3 Å². The fourth-order valence-corrected chi connectivity index (χ4v) is 5.14. The molecule has 1 N–H and O–H groups in total. The van der Waals surface area contributed by atoms with Crippen LogP contribution in [0, 0.1) is 5.92 Å². The van der Waals surface area contributed by atoms with Gasteiger partial charge in [0.2, 0.25) is 15.9 Å². The molecule has 1 atom stereocenters. The molecule has 11 heteroatoms. The van der Waals surface area contributed by atoms with Crippen LogP contribution in [0.4, 0.5) is 9.93 Å². The van der Waals surface area contributed by atoms with Crippen molar-refractivity contribution in [3.8, 4) is 0 Å². The van der Waals surface area contributed by atoms with Gasteiger partial charge < -0.3 is 15.0 Å². The highest BCUT2D eigenvalue weighted by molar-refractivity contribution is 7.88. The number of carbonyl (C=O) groups excluding carboxylic acids is 2. The monoisotopic (exact) mass is 402 g/mol. The lowest BCUT2D eigenvalue weighted by atomic mass is 9.99. The van der Waals surface area contributed by atoms with Gasteiger partial charge in [0, 0.05) is 30.9 Å². The molecule has 0 aromatic carbocycles. The number of nitrogens with zero attached hydrogens (tertiary/aromatic N) is 3. The first-order chi connectivity index (χ1) is 12.3. The van der Waals surface area contributed by atoms with Crippen LogP contribution >= 0.6 is 11.3 Å². The zero-order valence-corrected chi connectivity index (χ0v) is 16.4. The SMILES string of the molecule is COC(=O)N1CCc2nc(NC(=O)C3CCCN(S(C)(=O)=O)C3)sc2C1. The topological polar surface area (TPSA) is 109 Å². The summed E-state index contributed by atoms with van der Waals surface area (Å²) < 4.78 is 29.5. The number of hydrogen-bond donors (Lipinski definition) is 1. The molecule has 9 nitrogen and oxygen atoms in total. The predicted molar refractivity (Wildman–Crippen MR) is 96.4 cm³/mol. The van der Waals surface area contributed by atoms with Gasteiger partial charge in [0.05, 0.1) is 31.5 Å². The number of amides is 2. The van der Waals surface area contributed by atoms with Crippen LogP contribution in [0.1, 0.15) is 23.4 Å². The van der Waals surface area contributed by atoms with Gasteiger partial charge in [-0.15, -0.1) is 0 Å². The maximum absolute atomic E-state index is 12.5. The van der Waals surface area contributed by atoms with E-state index in [0.29, 0.717) is 44.0 Å². The van der Waals surface area contributed by atoms with E-state index in [1.165, 1.54) is 22.8 Å². The zero-order valence-electron chi connectivity index (χ0n) is 14.7. The Labute approximate surface area is 156 Å². The summed E-state index contributed by atoms with van der Waals surface area (Å²) in [5, 5.41) is 3.30. The maximum atomic E-state index is 12.5. The van der Waals surface area contributed by atoms with Crippen LogP contribution in [0.3, 0.4) is 0 Å². The van der Waals surface area contributed by atoms with Crippen molar-refractivity contribution in [3.05, 3.63) is 10.6 Å². The number of fused-ring (bicyclic) bond motifs is 1. The van der Waals surface area contributed by atoms with Gasteiger partial charge in [0.15, 0.2) is 5.13 Å². The standard InChI is InChI=1S/C15H22N4O5S2/c1-24-15(21)18-7-5-11-12(9-18)25-14(16-11)17-13(20)10-4-3-6-19(8-10)26(2,22)23/h10H,3-9H2,1-2H3,(H,16,17,20). The van der Waals surface area contributed by atoms with Crippen molar-refractivity contribution in [1.29, 1.82) is 0 Å². The Bertz CT molecular complexity index is 807. The van der Waals surface area contributed by atoms with E-state index in [1.54, 1.807) is 4.90 Å². The van der Waals surface area contributed by atoms with Crippen molar-refractivity contribution in [2.45, 2.75) is 25.8 Å². The Morgan fingerprint density at radius 1 is 1.35 bits per heavy atom. The van der Waals surface area contributed by atoms with E-state index < -0.39 is 10.0 Å². The second kappa shape index (κ2) is 7.49. The summed E-state index contributed by atoms with van der Waals surface area (Å²) in [7, 11) is -1.95. The first-order valence-electron chi connectivity index (χ1n) is 8.35.